The SMILES string of the molecule is Cc1cc(N)n2cc(C)nc2n1. The van der Waals surface area contributed by atoms with E-state index < -0.39 is 0 Å². The minimum Gasteiger partial charge on any atom is -0.385 e. The topological polar surface area (TPSA) is 56.2 Å². The van der Waals surface area contributed by atoms with Crippen LogP contribution < -0.4 is 5.73 Å². The van der Waals surface area contributed by atoms with Crippen molar-refractivity contribution in [2.24, 2.45) is 0 Å². The molecule has 0 fully saturated rings. The van der Waals surface area contributed by atoms with Crippen LogP contribution in [0.3, 0.4) is 0 Å². The molecule has 0 saturated carbocycles. The number of nitrogens with two attached hydrogens (primary N) is 1. The van der Waals surface area contributed by atoms with Gasteiger partial charge in [0.05, 0.1) is 5.69 Å². The molecule has 0 radical (unpaired) electrons. The fourth-order valence-electron chi connectivity index (χ4n) is 1.23. The summed E-state index contributed by atoms with van der Waals surface area (Å²) in [5.41, 5.74) is 7.58. The number of aryl methyl sites for hydroxylation is 2. The van der Waals surface area contributed by atoms with Crippen LogP contribution in [-0.2, 0) is 0 Å². The van der Waals surface area contributed by atoms with Crippen LogP contribution in [0.2, 0.25) is 0 Å². The van der Waals surface area contributed by atoms with Gasteiger partial charge >= 0.3 is 0 Å². The molecular weight excluding hydrogens is 152 g/mol. The summed E-state index contributed by atoms with van der Waals surface area (Å²) < 4.78 is 1.78. The number of imidazole rings is 1. The molecule has 62 valence electrons. The molecule has 2 N–H and O–H groups in total. The van der Waals surface area contributed by atoms with Gasteiger partial charge in [-0.1, -0.05) is 0 Å². The Hall–Kier alpha value is -1.58. The first-order valence-electron chi connectivity index (χ1n) is 3.75. The molecular formula is C8H10N4. The van der Waals surface area contributed by atoms with Gasteiger partial charge in [0.1, 0.15) is 5.82 Å². The zero-order valence-electron chi connectivity index (χ0n) is 7.07. The Balaban J connectivity index is 2.88. The molecule has 2 rings (SSSR count). The van der Waals surface area contributed by atoms with E-state index in [0.29, 0.717) is 11.6 Å². The summed E-state index contributed by atoms with van der Waals surface area (Å²) in [6.07, 6.45) is 1.87. The van der Waals surface area contributed by atoms with Crippen molar-refractivity contribution in [2.45, 2.75) is 13.8 Å². The minimum atomic E-state index is 0.671. The summed E-state index contributed by atoms with van der Waals surface area (Å²) >= 11 is 0. The monoisotopic (exact) mass is 162 g/mol. The Kier molecular flexibility index (Phi) is 1.30. The van der Waals surface area contributed by atoms with Gasteiger partial charge in [-0.25, -0.2) is 9.97 Å². The maximum atomic E-state index is 5.75. The highest BCUT2D eigenvalue weighted by Crippen LogP contribution is 2.09. The maximum absolute atomic E-state index is 5.75. The summed E-state index contributed by atoms with van der Waals surface area (Å²) in [6.45, 7) is 3.82. The first kappa shape index (κ1) is 7.09. The van der Waals surface area contributed by atoms with E-state index in [0.717, 1.165) is 11.4 Å². The van der Waals surface area contributed by atoms with Gasteiger partial charge < -0.3 is 5.73 Å². The summed E-state index contributed by atoms with van der Waals surface area (Å²) in [5.74, 6) is 1.35. The number of nitrogen functional groups attached to an aromatic ring is 1. The number of anilines is 1. The number of hydrogen-bond acceptors (Lipinski definition) is 3. The lowest BCUT2D eigenvalue weighted by molar-refractivity contribution is 1.08. The number of rotatable bonds is 0. The molecule has 4 nitrogen and oxygen atoms in total. The Bertz CT molecular complexity index is 430. The van der Waals surface area contributed by atoms with Crippen molar-refractivity contribution in [1.82, 2.24) is 14.4 Å². The van der Waals surface area contributed by atoms with Crippen LogP contribution in [-0.4, -0.2) is 14.4 Å². The fourth-order valence-corrected chi connectivity index (χ4v) is 1.23. The quantitative estimate of drug-likeness (QED) is 0.627. The van der Waals surface area contributed by atoms with Crippen LogP contribution in [0, 0.1) is 13.8 Å². The van der Waals surface area contributed by atoms with Crippen LogP contribution in [0.4, 0.5) is 5.82 Å². The van der Waals surface area contributed by atoms with E-state index in [-0.39, 0.29) is 0 Å². The van der Waals surface area contributed by atoms with Gasteiger partial charge in [-0.05, 0) is 13.8 Å². The van der Waals surface area contributed by atoms with Crippen LogP contribution >= 0.6 is 0 Å². The lowest BCUT2D eigenvalue weighted by atomic mass is 10.4. The van der Waals surface area contributed by atoms with Gasteiger partial charge in [0, 0.05) is 18.0 Å². The van der Waals surface area contributed by atoms with Crippen molar-refractivity contribution in [3.63, 3.8) is 0 Å². The van der Waals surface area contributed by atoms with Crippen molar-refractivity contribution in [1.29, 1.82) is 0 Å². The van der Waals surface area contributed by atoms with E-state index >= 15 is 0 Å². The van der Waals surface area contributed by atoms with Crippen molar-refractivity contribution in [2.75, 3.05) is 5.73 Å². The largest absolute Gasteiger partial charge is 0.385 e. The Morgan fingerprint density at radius 2 is 1.92 bits per heavy atom. The number of hydrogen-bond donors (Lipinski definition) is 1. The minimum absolute atomic E-state index is 0.671. The van der Waals surface area contributed by atoms with E-state index in [1.54, 1.807) is 4.40 Å². The van der Waals surface area contributed by atoms with E-state index in [1.807, 2.05) is 26.1 Å². The van der Waals surface area contributed by atoms with Crippen molar-refractivity contribution < 1.29 is 0 Å². The van der Waals surface area contributed by atoms with Crippen molar-refractivity contribution in [3.8, 4) is 0 Å². The second-order valence-corrected chi connectivity index (χ2v) is 2.87. The van der Waals surface area contributed by atoms with Crippen LogP contribution in [0.1, 0.15) is 11.4 Å². The van der Waals surface area contributed by atoms with E-state index in [2.05, 4.69) is 9.97 Å². The highest BCUT2D eigenvalue weighted by Gasteiger charge is 2.01. The van der Waals surface area contributed by atoms with Gasteiger partial charge in [0.2, 0.25) is 5.78 Å². The molecule has 0 amide bonds. The molecule has 0 spiro atoms. The average molecular weight is 162 g/mol. The molecule has 4 heteroatoms. The van der Waals surface area contributed by atoms with Gasteiger partial charge in [-0.2, -0.15) is 0 Å². The third kappa shape index (κ3) is 0.922. The zero-order valence-corrected chi connectivity index (χ0v) is 7.07. The van der Waals surface area contributed by atoms with Crippen LogP contribution in [0.25, 0.3) is 5.78 Å². The lowest BCUT2D eigenvalue weighted by Crippen LogP contribution is -1.98. The Morgan fingerprint density at radius 1 is 1.25 bits per heavy atom. The summed E-state index contributed by atoms with van der Waals surface area (Å²) in [4.78, 5) is 8.44. The van der Waals surface area contributed by atoms with Gasteiger partial charge in [0.25, 0.3) is 0 Å². The number of fused-ring (bicyclic) bond motifs is 1. The molecule has 0 aliphatic carbocycles. The second-order valence-electron chi connectivity index (χ2n) is 2.87. The molecule has 0 saturated heterocycles. The van der Waals surface area contributed by atoms with Crippen LogP contribution in [0.15, 0.2) is 12.3 Å². The molecule has 12 heavy (non-hydrogen) atoms. The smallest absolute Gasteiger partial charge is 0.235 e. The Morgan fingerprint density at radius 3 is 2.67 bits per heavy atom. The van der Waals surface area contributed by atoms with Crippen molar-refractivity contribution in [3.05, 3.63) is 23.7 Å². The predicted octanol–water partition coefficient (Wildman–Crippen LogP) is 0.928. The van der Waals surface area contributed by atoms with E-state index in [1.165, 1.54) is 0 Å². The number of nitrogens with zero attached hydrogens (tertiary/aromatic N) is 3. The van der Waals surface area contributed by atoms with Gasteiger partial charge in [-0.3, -0.25) is 4.40 Å². The average Bonchev–Trinajstić information content (AvgIpc) is 2.29. The maximum Gasteiger partial charge on any atom is 0.235 e. The molecule has 0 aromatic carbocycles. The zero-order chi connectivity index (χ0) is 8.72. The van der Waals surface area contributed by atoms with Gasteiger partial charge in [0.15, 0.2) is 0 Å². The molecule has 0 aliphatic rings. The predicted molar refractivity (Wildman–Crippen MR) is 46.9 cm³/mol. The number of aromatic nitrogens is 3. The summed E-state index contributed by atoms with van der Waals surface area (Å²) in [5, 5.41) is 0. The first-order valence-corrected chi connectivity index (χ1v) is 3.75. The van der Waals surface area contributed by atoms with Gasteiger partial charge in [-0.15, -0.1) is 0 Å². The fraction of sp³-hybridized carbons (Fsp3) is 0.250. The third-order valence-electron chi connectivity index (χ3n) is 1.72. The lowest BCUT2D eigenvalue weighted by Gasteiger charge is -1.98. The highest BCUT2D eigenvalue weighted by molar-refractivity contribution is 5.44. The van der Waals surface area contributed by atoms with Crippen molar-refractivity contribution >= 4 is 11.6 Å². The highest BCUT2D eigenvalue weighted by atomic mass is 15.1. The molecule has 0 aliphatic heterocycles. The molecule has 2 aromatic heterocycles. The summed E-state index contributed by atoms with van der Waals surface area (Å²) in [7, 11) is 0. The molecule has 0 atom stereocenters. The Labute approximate surface area is 70.1 Å². The third-order valence-corrected chi connectivity index (χ3v) is 1.72. The molecule has 0 bridgehead atoms. The second kappa shape index (κ2) is 2.20. The summed E-state index contributed by atoms with van der Waals surface area (Å²) in [6, 6.07) is 1.83. The molecule has 0 unspecified atom stereocenters. The normalized spacial score (nSPS) is 10.8. The van der Waals surface area contributed by atoms with Crippen LogP contribution in [0.5, 0.6) is 0 Å². The van der Waals surface area contributed by atoms with E-state index in [4.69, 9.17) is 5.73 Å². The first-order chi connectivity index (χ1) is 5.66. The standard InChI is InChI=1S/C8H10N4/c1-5-3-7(9)12-4-6(2)11-8(12)10-5/h3-4H,9H2,1-2H3. The molecule has 2 heterocycles. The van der Waals surface area contributed by atoms with E-state index in [9.17, 15) is 0 Å². The molecule has 2 aromatic rings.